The minimum Gasteiger partial charge on any atom is -0.497 e. The summed E-state index contributed by atoms with van der Waals surface area (Å²) in [5, 5.41) is 10.1. The minimum atomic E-state index is -1.00. The Balaban J connectivity index is 1.51. The number of methoxy groups -OCH3 is 1. The number of hydrogen-bond acceptors (Lipinski definition) is 11. The third kappa shape index (κ3) is 7.95. The summed E-state index contributed by atoms with van der Waals surface area (Å²) in [6.07, 6.45) is 3.40. The van der Waals surface area contributed by atoms with Gasteiger partial charge < -0.3 is 24.9 Å². The fraction of sp³-hybridized carbons (Fsp3) is 0.357. The average Bonchev–Trinajstić information content (AvgIpc) is 3.48. The molecule has 3 amide bonds. The van der Waals surface area contributed by atoms with Crippen LogP contribution in [0.25, 0.3) is 0 Å². The molecular formula is C28H29ClFN5O7S2. The molecule has 0 radical (unpaired) electrons. The summed E-state index contributed by atoms with van der Waals surface area (Å²) in [4.78, 5) is 62.1. The van der Waals surface area contributed by atoms with Crippen LogP contribution in [0.3, 0.4) is 0 Å². The molecule has 4 rings (SSSR count). The summed E-state index contributed by atoms with van der Waals surface area (Å²) in [6.45, 7) is 0.560. The maximum absolute atomic E-state index is 13.4. The number of amides is 3. The number of alkyl halides is 2. The monoisotopic (exact) mass is 665 g/mol. The number of β-lactam (4-membered cyclic amide) rings is 1. The first kappa shape index (κ1) is 33.0. The lowest BCUT2D eigenvalue weighted by atomic mass is 10.0. The van der Waals surface area contributed by atoms with Crippen molar-refractivity contribution in [1.82, 2.24) is 15.2 Å². The third-order valence-electron chi connectivity index (χ3n) is 6.18. The van der Waals surface area contributed by atoms with Crippen LogP contribution in [-0.2, 0) is 35.4 Å². The number of carbonyl (C=O) groups is 4. The number of benzene rings is 1. The molecule has 2 aliphatic rings. The number of allylic oxidation sites excluding steroid dienone is 2. The molecular weight excluding hydrogens is 637 g/mol. The number of carbonyl (C=O) groups excluding carboxylic acids is 4. The van der Waals surface area contributed by atoms with Gasteiger partial charge in [0.25, 0.3) is 11.8 Å². The van der Waals surface area contributed by atoms with E-state index in [0.29, 0.717) is 17.1 Å². The Bertz CT molecular complexity index is 1480. The number of ether oxygens (including phenoxy) is 2. The first-order valence-corrected chi connectivity index (χ1v) is 15.7. The third-order valence-corrected chi connectivity index (χ3v) is 8.42. The molecule has 234 valence electrons. The van der Waals surface area contributed by atoms with E-state index in [1.165, 1.54) is 29.0 Å². The summed E-state index contributed by atoms with van der Waals surface area (Å²) >= 11 is 8.24. The van der Waals surface area contributed by atoms with E-state index in [9.17, 15) is 23.6 Å². The Morgan fingerprint density at radius 3 is 2.73 bits per heavy atom. The number of anilines is 1. The summed E-state index contributed by atoms with van der Waals surface area (Å²) < 4.78 is 23.3. The van der Waals surface area contributed by atoms with Gasteiger partial charge in [-0.2, -0.15) is 0 Å². The largest absolute Gasteiger partial charge is 0.497 e. The number of nitrogens with zero attached hydrogens (tertiary/aromatic N) is 3. The van der Waals surface area contributed by atoms with Crippen molar-refractivity contribution in [3.63, 3.8) is 0 Å². The van der Waals surface area contributed by atoms with Gasteiger partial charge in [-0.3, -0.25) is 23.7 Å². The van der Waals surface area contributed by atoms with Crippen molar-refractivity contribution in [2.24, 2.45) is 5.16 Å². The molecule has 1 aromatic carbocycles. The number of thiazole rings is 1. The molecule has 3 heterocycles. The highest BCUT2D eigenvalue weighted by molar-refractivity contribution is 8.00. The van der Waals surface area contributed by atoms with E-state index in [1.54, 1.807) is 43.5 Å². The average molecular weight is 666 g/mol. The lowest BCUT2D eigenvalue weighted by Crippen LogP contribution is -2.71. The van der Waals surface area contributed by atoms with Crippen molar-refractivity contribution >= 4 is 69.2 Å². The maximum atomic E-state index is 13.4. The topological polar surface area (TPSA) is 149 Å². The van der Waals surface area contributed by atoms with Crippen LogP contribution in [0.2, 0.25) is 0 Å². The van der Waals surface area contributed by atoms with Gasteiger partial charge in [0.05, 0.1) is 13.8 Å². The predicted molar refractivity (Wildman–Crippen MR) is 164 cm³/mol. The van der Waals surface area contributed by atoms with Crippen molar-refractivity contribution < 1.29 is 37.9 Å². The van der Waals surface area contributed by atoms with Crippen molar-refractivity contribution in [3.8, 4) is 5.75 Å². The lowest BCUT2D eigenvalue weighted by molar-refractivity contribution is -0.153. The number of nitrogens with one attached hydrogen (secondary N) is 2. The second-order valence-corrected chi connectivity index (χ2v) is 11.5. The highest BCUT2D eigenvalue weighted by Gasteiger charge is 2.54. The molecule has 2 atom stereocenters. The Labute approximate surface area is 265 Å². The molecule has 0 spiro atoms. The smallest absolute Gasteiger partial charge is 0.355 e. The maximum Gasteiger partial charge on any atom is 0.355 e. The summed E-state index contributed by atoms with van der Waals surface area (Å²) in [5.74, 6) is -1.15. The molecule has 2 aliphatic heterocycles. The van der Waals surface area contributed by atoms with Gasteiger partial charge in [-0.05, 0) is 23.3 Å². The number of rotatable bonds is 14. The Morgan fingerprint density at radius 1 is 1.27 bits per heavy atom. The normalized spacial score (nSPS) is 18.0. The van der Waals surface area contributed by atoms with E-state index in [-0.39, 0.29) is 53.7 Å². The van der Waals surface area contributed by atoms with Crippen LogP contribution in [0.1, 0.15) is 24.6 Å². The van der Waals surface area contributed by atoms with Gasteiger partial charge in [-0.1, -0.05) is 29.4 Å². The second kappa shape index (κ2) is 15.7. The highest BCUT2D eigenvalue weighted by atomic mass is 35.5. The SMILES string of the molecule is COc1ccc(COC(=O)C2=C(/C=C/CCl)CS[C@H]3[C@H](NC(=O)/C(=N\OCCCF)c4csc(NC(C)=O)n4)C(=O)N23)cc1. The van der Waals surface area contributed by atoms with E-state index >= 15 is 0 Å². The predicted octanol–water partition coefficient (Wildman–Crippen LogP) is 3.38. The molecule has 1 aromatic heterocycles. The van der Waals surface area contributed by atoms with Crippen molar-refractivity contribution in [3.05, 3.63) is 64.3 Å². The van der Waals surface area contributed by atoms with Crippen molar-refractivity contribution in [1.29, 1.82) is 0 Å². The first-order valence-electron chi connectivity index (χ1n) is 13.3. The van der Waals surface area contributed by atoms with Crippen LogP contribution in [0.15, 0.2) is 58.2 Å². The van der Waals surface area contributed by atoms with Gasteiger partial charge in [-0.25, -0.2) is 9.78 Å². The standard InChI is InChI=1S/C28H29ClFN5O7S2/c1-16(36)31-28-32-20(15-44-28)21(34-42-12-4-11-30)24(37)33-22-25(38)35-23(18(5-3-10-29)14-43-26(22)35)27(39)41-13-17-6-8-19(40-2)9-7-17/h3,5-9,15,22,26H,4,10-14H2,1-2H3,(H,33,37)(H,31,32,36)/b5-3+,34-21-/t22-,26+/m1/s1. The first-order chi connectivity index (χ1) is 21.3. The summed E-state index contributed by atoms with van der Waals surface area (Å²) in [5.41, 5.74) is 1.18. The molecule has 0 bridgehead atoms. The second-order valence-electron chi connectivity index (χ2n) is 9.25. The number of halogens is 2. The van der Waals surface area contributed by atoms with Gasteiger partial charge in [0, 0.05) is 30.4 Å². The number of aromatic nitrogens is 1. The molecule has 2 N–H and O–H groups in total. The van der Waals surface area contributed by atoms with Crippen LogP contribution >= 0.6 is 34.7 Å². The molecule has 2 aromatic rings. The zero-order valence-corrected chi connectivity index (χ0v) is 26.1. The van der Waals surface area contributed by atoms with Gasteiger partial charge >= 0.3 is 5.97 Å². The van der Waals surface area contributed by atoms with Gasteiger partial charge in [0.15, 0.2) is 10.8 Å². The van der Waals surface area contributed by atoms with Crippen LogP contribution in [-0.4, -0.2) is 82.7 Å². The molecule has 0 unspecified atom stereocenters. The van der Waals surface area contributed by atoms with Crippen molar-refractivity contribution in [2.75, 3.05) is 37.3 Å². The van der Waals surface area contributed by atoms with Crippen LogP contribution in [0.4, 0.5) is 9.52 Å². The van der Waals surface area contributed by atoms with Gasteiger partial charge in [0.2, 0.25) is 5.91 Å². The molecule has 16 heteroatoms. The zero-order chi connectivity index (χ0) is 31.6. The Morgan fingerprint density at radius 2 is 2.05 bits per heavy atom. The number of fused-ring (bicyclic) bond motifs is 1. The Kier molecular flexibility index (Phi) is 11.7. The lowest BCUT2D eigenvalue weighted by Gasteiger charge is -2.49. The van der Waals surface area contributed by atoms with E-state index in [2.05, 4.69) is 20.8 Å². The minimum absolute atomic E-state index is 0.0326. The summed E-state index contributed by atoms with van der Waals surface area (Å²) in [6, 6.07) is 6.01. The van der Waals surface area contributed by atoms with Crippen LogP contribution in [0.5, 0.6) is 5.75 Å². The Hall–Kier alpha value is -3.95. The van der Waals surface area contributed by atoms with Crippen LogP contribution in [0, 0.1) is 0 Å². The number of hydrogen-bond donors (Lipinski definition) is 2. The van der Waals surface area contributed by atoms with Crippen LogP contribution < -0.4 is 15.4 Å². The van der Waals surface area contributed by atoms with Gasteiger partial charge in [0.1, 0.15) is 41.8 Å². The zero-order valence-electron chi connectivity index (χ0n) is 23.7. The highest BCUT2D eigenvalue weighted by Crippen LogP contribution is 2.41. The summed E-state index contributed by atoms with van der Waals surface area (Å²) in [7, 11) is 1.55. The molecule has 1 fully saturated rings. The van der Waals surface area contributed by atoms with E-state index in [4.69, 9.17) is 25.9 Å². The molecule has 0 saturated carbocycles. The molecule has 0 aliphatic carbocycles. The quantitative estimate of drug-likeness (QED) is 0.0774. The number of thioether (sulfide) groups is 1. The van der Waals surface area contributed by atoms with Crippen molar-refractivity contribution in [2.45, 2.75) is 31.4 Å². The molecule has 44 heavy (non-hydrogen) atoms. The van der Waals surface area contributed by atoms with E-state index in [0.717, 1.165) is 16.9 Å². The fourth-order valence-electron chi connectivity index (χ4n) is 4.12. The van der Waals surface area contributed by atoms with E-state index < -0.39 is 35.9 Å². The molecule has 1 saturated heterocycles. The number of oxime groups is 1. The fourth-order valence-corrected chi connectivity index (χ4v) is 6.27. The number of esters is 1. The van der Waals surface area contributed by atoms with Gasteiger partial charge in [-0.15, -0.1) is 34.7 Å². The molecule has 12 nitrogen and oxygen atoms in total. The van der Waals surface area contributed by atoms with E-state index in [1.807, 2.05) is 0 Å².